The van der Waals surface area contributed by atoms with Gasteiger partial charge in [0.1, 0.15) is 0 Å². The molecule has 0 bridgehead atoms. The molecule has 1 aromatic heterocycles. The van der Waals surface area contributed by atoms with E-state index in [9.17, 15) is 4.79 Å². The van der Waals surface area contributed by atoms with Gasteiger partial charge in [-0.25, -0.2) is 4.98 Å². The number of amides is 1. The zero-order valence-electron chi connectivity index (χ0n) is 14.7. The van der Waals surface area contributed by atoms with E-state index in [0.717, 1.165) is 43.3 Å². The molecule has 1 aliphatic heterocycles. The fraction of sp³-hybridized carbons (Fsp3) is 0.474. The average molecular weight is 343 g/mol. The smallest absolute Gasteiger partial charge is 0.235 e. The molecule has 0 N–H and O–H groups in total. The van der Waals surface area contributed by atoms with Crippen LogP contribution in [0.15, 0.2) is 35.4 Å². The summed E-state index contributed by atoms with van der Waals surface area (Å²) in [5.74, 6) is 0.225. The van der Waals surface area contributed by atoms with Crippen LogP contribution in [0, 0.1) is 6.92 Å². The molecule has 0 radical (unpaired) electrons. The standard InChI is InChI=1S/C19H25N3OS/c1-4-21-9-11-22(12-10-21)19(23)15(3)24-18-13-14(2)16-7-5-6-8-17(16)20-18/h5-8,13,15H,4,9-12H2,1-3H3. The van der Waals surface area contributed by atoms with E-state index in [-0.39, 0.29) is 11.2 Å². The van der Waals surface area contributed by atoms with Gasteiger partial charge in [-0.15, -0.1) is 0 Å². The SMILES string of the molecule is CCN1CCN(C(=O)C(C)Sc2cc(C)c3ccccc3n2)CC1. The fourth-order valence-corrected chi connectivity index (χ4v) is 4.16. The highest BCUT2D eigenvalue weighted by Gasteiger charge is 2.25. The normalized spacial score (nSPS) is 17.2. The van der Waals surface area contributed by atoms with E-state index in [4.69, 9.17) is 4.98 Å². The van der Waals surface area contributed by atoms with Crippen LogP contribution in [0.1, 0.15) is 19.4 Å². The number of thioether (sulfide) groups is 1. The number of fused-ring (bicyclic) bond motifs is 1. The van der Waals surface area contributed by atoms with E-state index in [2.05, 4.69) is 30.9 Å². The van der Waals surface area contributed by atoms with Crippen molar-refractivity contribution in [2.75, 3.05) is 32.7 Å². The van der Waals surface area contributed by atoms with Gasteiger partial charge in [0.2, 0.25) is 5.91 Å². The fourth-order valence-electron chi connectivity index (χ4n) is 3.15. The van der Waals surface area contributed by atoms with Crippen LogP contribution in [0.5, 0.6) is 0 Å². The number of likely N-dealkylation sites (N-methyl/N-ethyl adjacent to an activating group) is 1. The maximum Gasteiger partial charge on any atom is 0.235 e. The molecule has 0 saturated carbocycles. The minimum atomic E-state index is -0.105. The Hall–Kier alpha value is -1.59. The zero-order chi connectivity index (χ0) is 17.1. The molecule has 1 aliphatic rings. The number of pyridine rings is 1. The summed E-state index contributed by atoms with van der Waals surface area (Å²) >= 11 is 1.56. The molecule has 2 heterocycles. The molecule has 24 heavy (non-hydrogen) atoms. The molecule has 128 valence electrons. The quantitative estimate of drug-likeness (QED) is 0.799. The Morgan fingerprint density at radius 2 is 1.96 bits per heavy atom. The number of benzene rings is 1. The van der Waals surface area contributed by atoms with Gasteiger partial charge in [-0.3, -0.25) is 4.79 Å². The Labute approximate surface area is 148 Å². The van der Waals surface area contributed by atoms with Crippen molar-refractivity contribution in [3.8, 4) is 0 Å². The van der Waals surface area contributed by atoms with Crippen LogP contribution in [0.2, 0.25) is 0 Å². The number of aryl methyl sites for hydroxylation is 1. The number of rotatable bonds is 4. The number of carbonyl (C=O) groups excluding carboxylic acids is 1. The second-order valence-corrected chi connectivity index (χ2v) is 7.68. The number of aromatic nitrogens is 1. The first-order valence-corrected chi connectivity index (χ1v) is 9.50. The lowest BCUT2D eigenvalue weighted by atomic mass is 10.1. The van der Waals surface area contributed by atoms with E-state index < -0.39 is 0 Å². The lowest BCUT2D eigenvalue weighted by Crippen LogP contribution is -2.50. The Morgan fingerprint density at radius 3 is 2.67 bits per heavy atom. The molecule has 1 atom stereocenters. The van der Waals surface area contributed by atoms with Crippen molar-refractivity contribution in [2.45, 2.75) is 31.0 Å². The van der Waals surface area contributed by atoms with Crippen LogP contribution in [0.3, 0.4) is 0 Å². The predicted octanol–water partition coefficient (Wildman–Crippen LogP) is 3.19. The van der Waals surface area contributed by atoms with E-state index in [0.29, 0.717) is 0 Å². The van der Waals surface area contributed by atoms with E-state index in [1.54, 1.807) is 11.8 Å². The largest absolute Gasteiger partial charge is 0.339 e. The van der Waals surface area contributed by atoms with Crippen molar-refractivity contribution in [1.82, 2.24) is 14.8 Å². The highest BCUT2D eigenvalue weighted by atomic mass is 32.2. The summed E-state index contributed by atoms with van der Waals surface area (Å²) in [5, 5.41) is 2.00. The summed E-state index contributed by atoms with van der Waals surface area (Å²) in [4.78, 5) is 21.8. The topological polar surface area (TPSA) is 36.4 Å². The van der Waals surface area contributed by atoms with Gasteiger partial charge in [-0.1, -0.05) is 36.9 Å². The molecular weight excluding hydrogens is 318 g/mol. The third-order valence-electron chi connectivity index (χ3n) is 4.68. The van der Waals surface area contributed by atoms with Crippen LogP contribution in [-0.2, 0) is 4.79 Å². The first-order chi connectivity index (χ1) is 11.6. The van der Waals surface area contributed by atoms with Crippen LogP contribution in [0.25, 0.3) is 10.9 Å². The molecule has 1 unspecified atom stereocenters. The van der Waals surface area contributed by atoms with Gasteiger partial charge >= 0.3 is 0 Å². The second-order valence-electron chi connectivity index (χ2n) is 6.31. The molecule has 0 spiro atoms. The lowest BCUT2D eigenvalue weighted by molar-refractivity contribution is -0.132. The number of hydrogen-bond acceptors (Lipinski definition) is 4. The maximum absolute atomic E-state index is 12.7. The minimum absolute atomic E-state index is 0.105. The van der Waals surface area contributed by atoms with Crippen LogP contribution in [-0.4, -0.2) is 58.7 Å². The van der Waals surface area contributed by atoms with E-state index in [1.165, 1.54) is 10.9 Å². The molecule has 5 heteroatoms. The molecular formula is C19H25N3OS. The molecule has 3 rings (SSSR count). The zero-order valence-corrected chi connectivity index (χ0v) is 15.5. The minimum Gasteiger partial charge on any atom is -0.339 e. The van der Waals surface area contributed by atoms with Gasteiger partial charge in [0.25, 0.3) is 0 Å². The monoisotopic (exact) mass is 343 g/mol. The van der Waals surface area contributed by atoms with Crippen LogP contribution >= 0.6 is 11.8 Å². The highest BCUT2D eigenvalue weighted by molar-refractivity contribution is 8.00. The molecule has 1 amide bonds. The van der Waals surface area contributed by atoms with Gasteiger partial charge in [0, 0.05) is 31.6 Å². The van der Waals surface area contributed by atoms with Gasteiger partial charge in [0.05, 0.1) is 15.8 Å². The molecule has 0 aliphatic carbocycles. The van der Waals surface area contributed by atoms with Crippen molar-refractivity contribution in [1.29, 1.82) is 0 Å². The summed E-state index contributed by atoms with van der Waals surface area (Å²) < 4.78 is 0. The average Bonchev–Trinajstić information content (AvgIpc) is 2.61. The molecule has 2 aromatic rings. The summed E-state index contributed by atoms with van der Waals surface area (Å²) in [6, 6.07) is 10.2. The summed E-state index contributed by atoms with van der Waals surface area (Å²) in [5.41, 5.74) is 2.20. The number of hydrogen-bond donors (Lipinski definition) is 0. The number of nitrogens with zero attached hydrogens (tertiary/aromatic N) is 3. The van der Waals surface area contributed by atoms with E-state index >= 15 is 0 Å². The second kappa shape index (κ2) is 7.53. The van der Waals surface area contributed by atoms with Gasteiger partial charge in [-0.2, -0.15) is 0 Å². The van der Waals surface area contributed by atoms with Crippen molar-refractivity contribution in [2.24, 2.45) is 0 Å². The number of piperazine rings is 1. The van der Waals surface area contributed by atoms with Crippen LogP contribution in [0.4, 0.5) is 0 Å². The molecule has 1 fully saturated rings. The Kier molecular flexibility index (Phi) is 5.41. The molecule has 1 saturated heterocycles. The molecule has 1 aromatic carbocycles. The third kappa shape index (κ3) is 3.73. The number of carbonyl (C=O) groups is 1. The number of para-hydroxylation sites is 1. The van der Waals surface area contributed by atoms with Gasteiger partial charge in [-0.05, 0) is 38.1 Å². The Balaban J connectivity index is 1.68. The summed E-state index contributed by atoms with van der Waals surface area (Å²) in [7, 11) is 0. The van der Waals surface area contributed by atoms with Crippen molar-refractivity contribution in [3.05, 3.63) is 35.9 Å². The first-order valence-electron chi connectivity index (χ1n) is 8.62. The van der Waals surface area contributed by atoms with Crippen molar-refractivity contribution >= 4 is 28.6 Å². The van der Waals surface area contributed by atoms with Gasteiger partial charge < -0.3 is 9.80 Å². The summed E-state index contributed by atoms with van der Waals surface area (Å²) in [6.45, 7) is 11.0. The van der Waals surface area contributed by atoms with Gasteiger partial charge in [0.15, 0.2) is 0 Å². The maximum atomic E-state index is 12.7. The Bertz CT molecular complexity index is 726. The Morgan fingerprint density at radius 1 is 1.25 bits per heavy atom. The molecule has 4 nitrogen and oxygen atoms in total. The summed E-state index contributed by atoms with van der Waals surface area (Å²) in [6.07, 6.45) is 0. The van der Waals surface area contributed by atoms with Crippen LogP contribution < -0.4 is 0 Å². The van der Waals surface area contributed by atoms with Crippen molar-refractivity contribution in [3.63, 3.8) is 0 Å². The third-order valence-corrected chi connectivity index (χ3v) is 5.68. The van der Waals surface area contributed by atoms with E-state index in [1.807, 2.05) is 30.0 Å². The predicted molar refractivity (Wildman–Crippen MR) is 100 cm³/mol. The lowest BCUT2D eigenvalue weighted by Gasteiger charge is -2.35. The first kappa shape index (κ1) is 17.2. The highest BCUT2D eigenvalue weighted by Crippen LogP contribution is 2.27. The van der Waals surface area contributed by atoms with Crippen molar-refractivity contribution < 1.29 is 4.79 Å².